The number of nitrogens with one attached hydrogen (secondary N) is 1. The van der Waals surface area contributed by atoms with E-state index in [-0.39, 0.29) is 29.5 Å². The molecule has 9 heteroatoms. The number of halogens is 2. The van der Waals surface area contributed by atoms with Crippen molar-refractivity contribution in [1.29, 1.82) is 0 Å². The Labute approximate surface area is 197 Å². The van der Waals surface area contributed by atoms with Crippen LogP contribution < -0.4 is 14.4 Å². The molecule has 3 aromatic rings. The smallest absolute Gasteiger partial charge is 0.264 e. The molecule has 0 aromatic heterocycles. The van der Waals surface area contributed by atoms with Crippen molar-refractivity contribution in [2.45, 2.75) is 18.2 Å². The van der Waals surface area contributed by atoms with Crippen molar-refractivity contribution < 1.29 is 17.9 Å². The standard InChI is InChI=1S/C23H22Cl2N2O4S/c1-3-27(17-7-5-4-6-8-17)32(29,30)18-10-12-22(31-2)21(15-18)26-23(28)14-16-9-11-19(24)20(25)13-16/h4-13,15H,3,14H2,1-2H3,(H,26,28). The minimum Gasteiger partial charge on any atom is -0.495 e. The van der Waals surface area contributed by atoms with Gasteiger partial charge in [-0.2, -0.15) is 0 Å². The lowest BCUT2D eigenvalue weighted by atomic mass is 10.1. The first-order valence-electron chi connectivity index (χ1n) is 9.76. The van der Waals surface area contributed by atoms with Crippen LogP contribution in [0.4, 0.5) is 11.4 Å². The molecule has 3 aromatic carbocycles. The molecule has 0 fully saturated rings. The van der Waals surface area contributed by atoms with Crippen molar-refractivity contribution in [1.82, 2.24) is 0 Å². The molecule has 0 radical (unpaired) electrons. The minimum atomic E-state index is -3.86. The predicted molar refractivity (Wildman–Crippen MR) is 128 cm³/mol. The molecule has 0 saturated heterocycles. The van der Waals surface area contributed by atoms with Crippen molar-refractivity contribution in [3.05, 3.63) is 82.3 Å². The number of methoxy groups -OCH3 is 1. The van der Waals surface area contributed by atoms with Crippen LogP contribution in [0.5, 0.6) is 5.75 Å². The lowest BCUT2D eigenvalue weighted by Crippen LogP contribution is -2.30. The zero-order chi connectivity index (χ0) is 23.3. The zero-order valence-electron chi connectivity index (χ0n) is 17.5. The van der Waals surface area contributed by atoms with Crippen molar-refractivity contribution in [3.63, 3.8) is 0 Å². The highest BCUT2D eigenvalue weighted by atomic mass is 35.5. The molecule has 0 atom stereocenters. The third-order valence-corrected chi connectivity index (χ3v) is 7.35. The van der Waals surface area contributed by atoms with E-state index in [9.17, 15) is 13.2 Å². The minimum absolute atomic E-state index is 0.0299. The SMILES string of the molecule is CCN(c1ccccc1)S(=O)(=O)c1ccc(OC)c(NC(=O)Cc2ccc(Cl)c(Cl)c2)c1. The quantitative estimate of drug-likeness (QED) is 0.456. The van der Waals surface area contributed by atoms with Gasteiger partial charge < -0.3 is 10.1 Å². The summed E-state index contributed by atoms with van der Waals surface area (Å²) < 4.78 is 33.2. The predicted octanol–water partition coefficient (Wildman–Crippen LogP) is 5.40. The molecule has 1 amide bonds. The van der Waals surface area contributed by atoms with E-state index in [1.807, 2.05) is 6.07 Å². The van der Waals surface area contributed by atoms with E-state index in [0.717, 1.165) is 0 Å². The van der Waals surface area contributed by atoms with Gasteiger partial charge in [-0.05, 0) is 55.0 Å². The summed E-state index contributed by atoms with van der Waals surface area (Å²) in [4.78, 5) is 12.7. The first-order valence-corrected chi connectivity index (χ1v) is 12.0. The van der Waals surface area contributed by atoms with Gasteiger partial charge in [0.05, 0.1) is 39.8 Å². The lowest BCUT2D eigenvalue weighted by Gasteiger charge is -2.23. The van der Waals surface area contributed by atoms with E-state index < -0.39 is 10.0 Å². The lowest BCUT2D eigenvalue weighted by molar-refractivity contribution is -0.115. The largest absolute Gasteiger partial charge is 0.495 e. The number of carbonyl (C=O) groups is 1. The number of carbonyl (C=O) groups excluding carboxylic acids is 1. The molecule has 0 bridgehead atoms. The summed E-state index contributed by atoms with van der Waals surface area (Å²) in [6.07, 6.45) is 0.0299. The molecule has 6 nitrogen and oxygen atoms in total. The van der Waals surface area contributed by atoms with Crippen LogP contribution >= 0.6 is 23.2 Å². The van der Waals surface area contributed by atoms with Gasteiger partial charge in [0, 0.05) is 6.54 Å². The van der Waals surface area contributed by atoms with Crippen LogP contribution in [0.3, 0.4) is 0 Å². The molecule has 0 aliphatic rings. The van der Waals surface area contributed by atoms with E-state index in [0.29, 0.717) is 27.0 Å². The molecule has 0 unspecified atom stereocenters. The van der Waals surface area contributed by atoms with Gasteiger partial charge in [0.15, 0.2) is 0 Å². The van der Waals surface area contributed by atoms with Gasteiger partial charge in [0.25, 0.3) is 10.0 Å². The molecule has 168 valence electrons. The van der Waals surface area contributed by atoms with Crippen molar-refractivity contribution in [2.75, 3.05) is 23.3 Å². The molecule has 32 heavy (non-hydrogen) atoms. The Bertz CT molecular complexity index is 1220. The average Bonchev–Trinajstić information content (AvgIpc) is 2.77. The Morgan fingerprint density at radius 3 is 2.34 bits per heavy atom. The van der Waals surface area contributed by atoms with Gasteiger partial charge in [0.1, 0.15) is 5.75 Å². The number of anilines is 2. The van der Waals surface area contributed by atoms with E-state index >= 15 is 0 Å². The first kappa shape index (κ1) is 23.9. The fraction of sp³-hybridized carbons (Fsp3) is 0.174. The maximum absolute atomic E-state index is 13.3. The van der Waals surface area contributed by atoms with Crippen LogP contribution in [0.2, 0.25) is 10.0 Å². The van der Waals surface area contributed by atoms with Gasteiger partial charge in [0.2, 0.25) is 5.91 Å². The highest BCUT2D eigenvalue weighted by Gasteiger charge is 2.25. The Morgan fingerprint density at radius 2 is 1.72 bits per heavy atom. The summed E-state index contributed by atoms with van der Waals surface area (Å²) in [6.45, 7) is 2.01. The topological polar surface area (TPSA) is 75.7 Å². The Morgan fingerprint density at radius 1 is 1.00 bits per heavy atom. The third kappa shape index (κ3) is 5.35. The summed E-state index contributed by atoms with van der Waals surface area (Å²) in [5.74, 6) is -0.0131. The van der Waals surface area contributed by atoms with E-state index in [1.54, 1.807) is 49.4 Å². The number of nitrogens with zero attached hydrogens (tertiary/aromatic N) is 1. The summed E-state index contributed by atoms with van der Waals surface area (Å²) >= 11 is 11.9. The van der Waals surface area contributed by atoms with Gasteiger partial charge in [-0.15, -0.1) is 0 Å². The van der Waals surface area contributed by atoms with Crippen molar-refractivity contribution in [2.24, 2.45) is 0 Å². The number of amides is 1. The molecule has 0 aliphatic carbocycles. The summed E-state index contributed by atoms with van der Waals surface area (Å²) in [5, 5.41) is 3.48. The van der Waals surface area contributed by atoms with Gasteiger partial charge in [-0.1, -0.05) is 47.5 Å². The first-order chi connectivity index (χ1) is 15.3. The van der Waals surface area contributed by atoms with E-state index in [4.69, 9.17) is 27.9 Å². The molecule has 0 spiro atoms. The number of benzene rings is 3. The fourth-order valence-electron chi connectivity index (χ4n) is 3.19. The van der Waals surface area contributed by atoms with Crippen LogP contribution in [0, 0.1) is 0 Å². The summed E-state index contributed by atoms with van der Waals surface area (Å²) in [7, 11) is -2.42. The second-order valence-corrected chi connectivity index (χ2v) is 9.52. The zero-order valence-corrected chi connectivity index (χ0v) is 19.8. The molecule has 0 saturated carbocycles. The van der Waals surface area contributed by atoms with Crippen LogP contribution in [0.25, 0.3) is 0 Å². The van der Waals surface area contributed by atoms with Gasteiger partial charge >= 0.3 is 0 Å². The van der Waals surface area contributed by atoms with Gasteiger partial charge in [-0.25, -0.2) is 8.42 Å². The molecule has 0 heterocycles. The Hall–Kier alpha value is -2.74. The monoisotopic (exact) mass is 492 g/mol. The fourth-order valence-corrected chi connectivity index (χ4v) is 5.01. The number of para-hydroxylation sites is 1. The number of sulfonamides is 1. The van der Waals surface area contributed by atoms with Crippen molar-refractivity contribution in [3.8, 4) is 5.75 Å². The number of hydrogen-bond acceptors (Lipinski definition) is 4. The maximum atomic E-state index is 13.3. The van der Waals surface area contributed by atoms with Crippen molar-refractivity contribution >= 4 is 50.5 Å². The van der Waals surface area contributed by atoms with Gasteiger partial charge in [-0.3, -0.25) is 9.10 Å². The molecular weight excluding hydrogens is 471 g/mol. The molecular formula is C23H22Cl2N2O4S. The third-order valence-electron chi connectivity index (χ3n) is 4.71. The second-order valence-electron chi connectivity index (χ2n) is 6.84. The molecule has 3 rings (SSSR count). The Kier molecular flexibility index (Phi) is 7.66. The van der Waals surface area contributed by atoms with Crippen LogP contribution in [0.15, 0.2) is 71.6 Å². The van der Waals surface area contributed by atoms with E-state index in [1.165, 1.54) is 29.6 Å². The van der Waals surface area contributed by atoms with Crippen LogP contribution in [-0.2, 0) is 21.2 Å². The average molecular weight is 493 g/mol. The normalized spacial score (nSPS) is 11.1. The number of ether oxygens (including phenoxy) is 1. The van der Waals surface area contributed by atoms with Crippen LogP contribution in [0.1, 0.15) is 12.5 Å². The van der Waals surface area contributed by atoms with Crippen LogP contribution in [-0.4, -0.2) is 28.0 Å². The maximum Gasteiger partial charge on any atom is 0.264 e. The Balaban J connectivity index is 1.89. The molecule has 0 aliphatic heterocycles. The number of rotatable bonds is 8. The summed E-state index contributed by atoms with van der Waals surface area (Å²) in [5.41, 5.74) is 1.47. The molecule has 1 N–H and O–H groups in total. The summed E-state index contributed by atoms with van der Waals surface area (Å²) in [6, 6.07) is 18.1. The highest BCUT2D eigenvalue weighted by molar-refractivity contribution is 7.92. The second kappa shape index (κ2) is 10.3. The van der Waals surface area contributed by atoms with E-state index in [2.05, 4.69) is 5.32 Å². The number of hydrogen-bond donors (Lipinski definition) is 1. The highest BCUT2D eigenvalue weighted by Crippen LogP contribution is 2.31.